The van der Waals surface area contributed by atoms with Crippen molar-refractivity contribution < 1.29 is 9.90 Å². The summed E-state index contributed by atoms with van der Waals surface area (Å²) in [6, 6.07) is 0.579. The van der Waals surface area contributed by atoms with Gasteiger partial charge >= 0.3 is 5.97 Å². The first-order chi connectivity index (χ1) is 8.80. The van der Waals surface area contributed by atoms with E-state index in [0.29, 0.717) is 24.9 Å². The van der Waals surface area contributed by atoms with Crippen LogP contribution in [0.3, 0.4) is 0 Å². The number of hydrogen-bond acceptors (Lipinski definition) is 4. The van der Waals surface area contributed by atoms with Gasteiger partial charge in [0.15, 0.2) is 0 Å². The molecule has 19 heavy (non-hydrogen) atoms. The summed E-state index contributed by atoms with van der Waals surface area (Å²) in [6.07, 6.45) is 0.642. The van der Waals surface area contributed by atoms with Crippen molar-refractivity contribution >= 4 is 5.97 Å². The summed E-state index contributed by atoms with van der Waals surface area (Å²) in [7, 11) is 4.23. The molecule has 112 valence electrons. The summed E-state index contributed by atoms with van der Waals surface area (Å²) in [4.78, 5) is 16.0. The SMILES string of the molecule is CCNC(C)(CCN1CC(C)C(N(C)C)C1)C(=O)O. The van der Waals surface area contributed by atoms with Gasteiger partial charge in [-0.05, 0) is 39.9 Å². The first kappa shape index (κ1) is 16.4. The Kier molecular flexibility index (Phi) is 5.77. The number of carboxylic acid groups (broad SMARTS) is 1. The lowest BCUT2D eigenvalue weighted by Crippen LogP contribution is -2.51. The van der Waals surface area contributed by atoms with Crippen LogP contribution < -0.4 is 5.32 Å². The highest BCUT2D eigenvalue weighted by Crippen LogP contribution is 2.21. The molecular weight excluding hydrogens is 242 g/mol. The second-order valence-electron chi connectivity index (χ2n) is 6.19. The summed E-state index contributed by atoms with van der Waals surface area (Å²) in [5.41, 5.74) is -0.811. The van der Waals surface area contributed by atoms with Crippen LogP contribution in [0.25, 0.3) is 0 Å². The Balaban J connectivity index is 2.51. The molecule has 0 aliphatic carbocycles. The van der Waals surface area contributed by atoms with E-state index in [4.69, 9.17) is 0 Å². The number of hydrogen-bond donors (Lipinski definition) is 2. The van der Waals surface area contributed by atoms with Gasteiger partial charge in [-0.25, -0.2) is 0 Å². The maximum atomic E-state index is 11.4. The third kappa shape index (κ3) is 4.16. The molecule has 1 fully saturated rings. The van der Waals surface area contributed by atoms with Crippen LogP contribution in [0.15, 0.2) is 0 Å². The zero-order chi connectivity index (χ0) is 14.6. The standard InChI is InChI=1S/C14H29N3O2/c1-6-15-14(3,13(18)19)7-8-17-9-11(2)12(10-17)16(4)5/h11-12,15H,6-10H2,1-5H3,(H,18,19). The lowest BCUT2D eigenvalue weighted by atomic mass is 9.97. The molecule has 0 radical (unpaired) electrons. The van der Waals surface area contributed by atoms with E-state index in [0.717, 1.165) is 19.6 Å². The Morgan fingerprint density at radius 1 is 1.47 bits per heavy atom. The van der Waals surface area contributed by atoms with Crippen LogP contribution in [0, 0.1) is 5.92 Å². The molecule has 0 aromatic heterocycles. The summed E-state index contributed by atoms with van der Waals surface area (Å²) >= 11 is 0. The summed E-state index contributed by atoms with van der Waals surface area (Å²) in [5.74, 6) is -0.115. The first-order valence-electron chi connectivity index (χ1n) is 7.17. The minimum absolute atomic E-state index is 0.579. The molecule has 2 N–H and O–H groups in total. The molecular formula is C14H29N3O2. The average molecular weight is 271 g/mol. The fourth-order valence-corrected chi connectivity index (χ4v) is 2.95. The number of carboxylic acids is 1. The highest BCUT2D eigenvalue weighted by atomic mass is 16.4. The predicted molar refractivity (Wildman–Crippen MR) is 77.4 cm³/mol. The molecule has 0 aromatic carbocycles. The van der Waals surface area contributed by atoms with E-state index in [9.17, 15) is 9.90 Å². The maximum Gasteiger partial charge on any atom is 0.323 e. The minimum atomic E-state index is -0.811. The van der Waals surface area contributed by atoms with E-state index >= 15 is 0 Å². The van der Waals surface area contributed by atoms with Crippen molar-refractivity contribution in [3.8, 4) is 0 Å². The second-order valence-corrected chi connectivity index (χ2v) is 6.19. The number of nitrogens with zero attached hydrogens (tertiary/aromatic N) is 2. The van der Waals surface area contributed by atoms with Crippen LogP contribution in [0.2, 0.25) is 0 Å². The smallest absolute Gasteiger partial charge is 0.323 e. The normalized spacial score (nSPS) is 27.7. The zero-order valence-corrected chi connectivity index (χ0v) is 12.9. The lowest BCUT2D eigenvalue weighted by molar-refractivity contribution is -0.144. The van der Waals surface area contributed by atoms with E-state index in [2.05, 4.69) is 36.1 Å². The van der Waals surface area contributed by atoms with E-state index < -0.39 is 11.5 Å². The molecule has 1 aliphatic heterocycles. The molecule has 3 unspecified atom stereocenters. The Morgan fingerprint density at radius 2 is 2.11 bits per heavy atom. The topological polar surface area (TPSA) is 55.8 Å². The molecule has 1 heterocycles. The van der Waals surface area contributed by atoms with Crippen molar-refractivity contribution in [3.63, 3.8) is 0 Å². The van der Waals surface area contributed by atoms with Crippen LogP contribution in [0.5, 0.6) is 0 Å². The van der Waals surface area contributed by atoms with Crippen molar-refractivity contribution in [2.24, 2.45) is 5.92 Å². The third-order valence-electron chi connectivity index (χ3n) is 4.28. The molecule has 0 aromatic rings. The van der Waals surface area contributed by atoms with Crippen molar-refractivity contribution in [1.82, 2.24) is 15.1 Å². The number of rotatable bonds is 7. The number of carbonyl (C=O) groups is 1. The van der Waals surface area contributed by atoms with Crippen molar-refractivity contribution in [3.05, 3.63) is 0 Å². The molecule has 0 amide bonds. The lowest BCUT2D eigenvalue weighted by Gasteiger charge is -2.28. The Hall–Kier alpha value is -0.650. The van der Waals surface area contributed by atoms with Gasteiger partial charge in [-0.15, -0.1) is 0 Å². The van der Waals surface area contributed by atoms with Crippen molar-refractivity contribution in [2.75, 3.05) is 40.3 Å². The highest BCUT2D eigenvalue weighted by Gasteiger charge is 2.35. The molecule has 0 spiro atoms. The van der Waals surface area contributed by atoms with Gasteiger partial charge in [0.05, 0.1) is 0 Å². The van der Waals surface area contributed by atoms with Gasteiger partial charge in [0, 0.05) is 25.7 Å². The van der Waals surface area contributed by atoms with E-state index in [1.807, 2.05) is 6.92 Å². The largest absolute Gasteiger partial charge is 0.480 e. The van der Waals surface area contributed by atoms with Gasteiger partial charge in [-0.2, -0.15) is 0 Å². The summed E-state index contributed by atoms with van der Waals surface area (Å²) in [6.45, 7) is 9.61. The predicted octanol–water partition coefficient (Wildman–Crippen LogP) is 0.711. The Morgan fingerprint density at radius 3 is 2.53 bits per heavy atom. The van der Waals surface area contributed by atoms with Crippen LogP contribution in [-0.4, -0.2) is 72.7 Å². The van der Waals surface area contributed by atoms with Crippen LogP contribution >= 0.6 is 0 Å². The quantitative estimate of drug-likeness (QED) is 0.714. The Labute approximate surface area is 117 Å². The van der Waals surface area contributed by atoms with Gasteiger partial charge in [0.25, 0.3) is 0 Å². The molecule has 1 rings (SSSR count). The molecule has 1 aliphatic rings. The number of aliphatic carboxylic acids is 1. The number of likely N-dealkylation sites (tertiary alicyclic amines) is 1. The molecule has 5 nitrogen and oxygen atoms in total. The zero-order valence-electron chi connectivity index (χ0n) is 12.9. The van der Waals surface area contributed by atoms with Gasteiger partial charge < -0.3 is 20.2 Å². The fourth-order valence-electron chi connectivity index (χ4n) is 2.95. The second kappa shape index (κ2) is 6.68. The first-order valence-corrected chi connectivity index (χ1v) is 7.17. The van der Waals surface area contributed by atoms with Crippen molar-refractivity contribution in [2.45, 2.75) is 38.8 Å². The molecule has 5 heteroatoms. The average Bonchev–Trinajstić information content (AvgIpc) is 2.68. The van der Waals surface area contributed by atoms with Crippen LogP contribution in [0.4, 0.5) is 0 Å². The highest BCUT2D eigenvalue weighted by molar-refractivity contribution is 5.78. The molecule has 0 saturated carbocycles. The summed E-state index contributed by atoms with van der Waals surface area (Å²) in [5, 5.41) is 12.4. The summed E-state index contributed by atoms with van der Waals surface area (Å²) < 4.78 is 0. The molecule has 3 atom stereocenters. The number of nitrogens with one attached hydrogen (secondary N) is 1. The van der Waals surface area contributed by atoms with Gasteiger partial charge in [-0.3, -0.25) is 4.79 Å². The van der Waals surface area contributed by atoms with Gasteiger partial charge in [0.2, 0.25) is 0 Å². The Bertz CT molecular complexity index is 309. The third-order valence-corrected chi connectivity index (χ3v) is 4.28. The van der Waals surface area contributed by atoms with Crippen LogP contribution in [0.1, 0.15) is 27.2 Å². The van der Waals surface area contributed by atoms with Crippen LogP contribution in [-0.2, 0) is 4.79 Å². The molecule has 1 saturated heterocycles. The maximum absolute atomic E-state index is 11.4. The molecule has 0 bridgehead atoms. The van der Waals surface area contributed by atoms with E-state index in [1.54, 1.807) is 6.92 Å². The van der Waals surface area contributed by atoms with Gasteiger partial charge in [0.1, 0.15) is 5.54 Å². The van der Waals surface area contributed by atoms with Crippen molar-refractivity contribution in [1.29, 1.82) is 0 Å². The van der Waals surface area contributed by atoms with Gasteiger partial charge in [-0.1, -0.05) is 13.8 Å². The fraction of sp³-hybridized carbons (Fsp3) is 0.929. The number of likely N-dealkylation sites (N-methyl/N-ethyl adjacent to an activating group) is 2. The van der Waals surface area contributed by atoms with E-state index in [1.165, 1.54) is 0 Å². The van der Waals surface area contributed by atoms with E-state index in [-0.39, 0.29) is 0 Å². The minimum Gasteiger partial charge on any atom is -0.480 e. The monoisotopic (exact) mass is 271 g/mol.